The molecule has 27 heavy (non-hydrogen) atoms. The van der Waals surface area contributed by atoms with Gasteiger partial charge >= 0.3 is 0 Å². The summed E-state index contributed by atoms with van der Waals surface area (Å²) in [5.74, 6) is 0.367. The van der Waals surface area contributed by atoms with Crippen LogP contribution in [0, 0.1) is 12.7 Å². The highest BCUT2D eigenvalue weighted by Gasteiger charge is 2.32. The van der Waals surface area contributed by atoms with Crippen molar-refractivity contribution in [3.05, 3.63) is 59.4 Å². The first-order chi connectivity index (χ1) is 13.1. The fourth-order valence-electron chi connectivity index (χ4n) is 3.46. The van der Waals surface area contributed by atoms with Crippen LogP contribution in [0.5, 0.6) is 0 Å². The smallest absolute Gasteiger partial charge is 0.293 e. The summed E-state index contributed by atoms with van der Waals surface area (Å²) in [4.78, 5) is 14.7. The van der Waals surface area contributed by atoms with Crippen LogP contribution in [0.1, 0.15) is 53.7 Å². The SMILES string of the molecule is Cc1cc(C(=O)N2CCCCC[C@H]2c2cc(-c3ccc(F)cc3)no2)on1. The first-order valence-corrected chi connectivity index (χ1v) is 9.08. The van der Waals surface area contributed by atoms with E-state index in [1.54, 1.807) is 30.0 Å². The van der Waals surface area contributed by atoms with Crippen LogP contribution in [0.2, 0.25) is 0 Å². The lowest BCUT2D eigenvalue weighted by Gasteiger charge is -2.27. The molecule has 3 heterocycles. The van der Waals surface area contributed by atoms with Crippen LogP contribution >= 0.6 is 0 Å². The van der Waals surface area contributed by atoms with E-state index < -0.39 is 0 Å². The lowest BCUT2D eigenvalue weighted by Crippen LogP contribution is -2.34. The molecule has 7 heteroatoms. The van der Waals surface area contributed by atoms with E-state index in [1.807, 2.05) is 6.07 Å². The van der Waals surface area contributed by atoms with Gasteiger partial charge < -0.3 is 13.9 Å². The molecule has 1 aromatic carbocycles. The standard InChI is InChI=1S/C20H20FN3O3/c1-13-11-19(27-22-13)20(25)24-10-4-2-3-5-17(24)18-12-16(23-26-18)14-6-8-15(21)9-7-14/h6-9,11-12,17H,2-5,10H2,1H3/t17-/m0/s1. The molecule has 1 fully saturated rings. The molecule has 0 bridgehead atoms. The number of nitrogens with zero attached hydrogens (tertiary/aromatic N) is 3. The Labute approximate surface area is 155 Å². The Hall–Kier alpha value is -2.96. The van der Waals surface area contributed by atoms with Crippen LogP contribution in [0.4, 0.5) is 4.39 Å². The van der Waals surface area contributed by atoms with Crippen molar-refractivity contribution in [1.29, 1.82) is 0 Å². The predicted octanol–water partition coefficient (Wildman–Crippen LogP) is 4.53. The maximum absolute atomic E-state index is 13.1. The zero-order chi connectivity index (χ0) is 18.8. The number of aryl methyl sites for hydroxylation is 1. The van der Waals surface area contributed by atoms with Gasteiger partial charge in [-0.25, -0.2) is 4.39 Å². The van der Waals surface area contributed by atoms with Gasteiger partial charge in [-0.1, -0.05) is 23.2 Å². The first-order valence-electron chi connectivity index (χ1n) is 9.08. The van der Waals surface area contributed by atoms with E-state index in [0.717, 1.165) is 31.2 Å². The van der Waals surface area contributed by atoms with Crippen molar-refractivity contribution < 1.29 is 18.2 Å². The summed E-state index contributed by atoms with van der Waals surface area (Å²) in [6.07, 6.45) is 3.76. The molecule has 1 atom stereocenters. The zero-order valence-corrected chi connectivity index (χ0v) is 15.0. The number of hydrogen-bond acceptors (Lipinski definition) is 5. The van der Waals surface area contributed by atoms with Crippen LogP contribution in [0.3, 0.4) is 0 Å². The highest BCUT2D eigenvalue weighted by Crippen LogP contribution is 2.33. The first kappa shape index (κ1) is 17.5. The minimum Gasteiger partial charge on any atom is -0.359 e. The fraction of sp³-hybridized carbons (Fsp3) is 0.350. The van der Waals surface area contributed by atoms with Crippen molar-refractivity contribution in [2.75, 3.05) is 6.54 Å². The molecule has 3 aromatic rings. The summed E-state index contributed by atoms with van der Waals surface area (Å²) in [5, 5.41) is 7.94. The van der Waals surface area contributed by atoms with Gasteiger partial charge in [0.05, 0.1) is 11.7 Å². The third kappa shape index (κ3) is 3.63. The number of carbonyl (C=O) groups excluding carboxylic acids is 1. The second-order valence-electron chi connectivity index (χ2n) is 6.82. The zero-order valence-electron chi connectivity index (χ0n) is 15.0. The van der Waals surface area contributed by atoms with E-state index in [1.165, 1.54) is 12.1 Å². The number of benzene rings is 1. The molecule has 0 aliphatic carbocycles. The second kappa shape index (κ2) is 7.34. The van der Waals surface area contributed by atoms with E-state index in [9.17, 15) is 9.18 Å². The Balaban J connectivity index is 1.63. The molecular formula is C20H20FN3O3. The molecule has 2 aromatic heterocycles. The molecule has 0 spiro atoms. The van der Waals surface area contributed by atoms with E-state index in [-0.39, 0.29) is 23.5 Å². The summed E-state index contributed by atoms with van der Waals surface area (Å²) in [6.45, 7) is 2.40. The number of aromatic nitrogens is 2. The van der Waals surface area contributed by atoms with Gasteiger partial charge in [-0.05, 0) is 44.0 Å². The fourth-order valence-corrected chi connectivity index (χ4v) is 3.46. The molecule has 0 radical (unpaired) electrons. The van der Waals surface area contributed by atoms with E-state index in [4.69, 9.17) is 9.05 Å². The number of likely N-dealkylation sites (tertiary alicyclic amines) is 1. The normalized spacial score (nSPS) is 17.7. The topological polar surface area (TPSA) is 72.4 Å². The molecule has 4 rings (SSSR count). The summed E-state index contributed by atoms with van der Waals surface area (Å²) in [7, 11) is 0. The monoisotopic (exact) mass is 369 g/mol. The Kier molecular flexibility index (Phi) is 4.75. The molecule has 1 amide bonds. The van der Waals surface area contributed by atoms with Crippen LogP contribution in [0.15, 0.2) is 45.4 Å². The number of amides is 1. The molecule has 0 unspecified atom stereocenters. The molecule has 0 N–H and O–H groups in total. The lowest BCUT2D eigenvalue weighted by molar-refractivity contribution is 0.0609. The molecular weight excluding hydrogens is 349 g/mol. The van der Waals surface area contributed by atoms with Gasteiger partial charge in [0.1, 0.15) is 11.5 Å². The summed E-state index contributed by atoms with van der Waals surface area (Å²) in [6, 6.07) is 9.35. The maximum atomic E-state index is 13.1. The van der Waals surface area contributed by atoms with Crippen molar-refractivity contribution in [2.45, 2.75) is 38.6 Å². The van der Waals surface area contributed by atoms with Gasteiger partial charge in [0.2, 0.25) is 5.76 Å². The Morgan fingerprint density at radius 2 is 1.93 bits per heavy atom. The molecule has 0 saturated carbocycles. The van der Waals surface area contributed by atoms with Crippen LogP contribution in [-0.2, 0) is 0 Å². The Bertz CT molecular complexity index is 932. The van der Waals surface area contributed by atoms with Crippen molar-refractivity contribution in [3.63, 3.8) is 0 Å². The number of rotatable bonds is 3. The molecule has 1 saturated heterocycles. The Morgan fingerprint density at radius 3 is 2.67 bits per heavy atom. The van der Waals surface area contributed by atoms with Gasteiger partial charge in [-0.3, -0.25) is 4.79 Å². The van der Waals surface area contributed by atoms with Gasteiger partial charge in [0.25, 0.3) is 5.91 Å². The van der Waals surface area contributed by atoms with Crippen molar-refractivity contribution in [3.8, 4) is 11.3 Å². The van der Waals surface area contributed by atoms with Gasteiger partial charge in [-0.2, -0.15) is 0 Å². The van der Waals surface area contributed by atoms with Crippen LogP contribution < -0.4 is 0 Å². The third-order valence-electron chi connectivity index (χ3n) is 4.85. The summed E-state index contributed by atoms with van der Waals surface area (Å²) in [5.41, 5.74) is 2.06. The van der Waals surface area contributed by atoms with Gasteiger partial charge in [0, 0.05) is 24.2 Å². The average molecular weight is 369 g/mol. The van der Waals surface area contributed by atoms with Gasteiger partial charge in [0.15, 0.2) is 5.76 Å². The number of hydrogen-bond donors (Lipinski definition) is 0. The van der Waals surface area contributed by atoms with Crippen molar-refractivity contribution in [2.24, 2.45) is 0 Å². The maximum Gasteiger partial charge on any atom is 0.293 e. The highest BCUT2D eigenvalue weighted by molar-refractivity contribution is 5.91. The van der Waals surface area contributed by atoms with Crippen LogP contribution in [-0.4, -0.2) is 27.7 Å². The molecule has 1 aliphatic rings. The summed E-state index contributed by atoms with van der Waals surface area (Å²) >= 11 is 0. The Morgan fingerprint density at radius 1 is 1.11 bits per heavy atom. The largest absolute Gasteiger partial charge is 0.359 e. The molecule has 140 valence electrons. The van der Waals surface area contributed by atoms with Crippen molar-refractivity contribution in [1.82, 2.24) is 15.2 Å². The van der Waals surface area contributed by atoms with Gasteiger partial charge in [-0.15, -0.1) is 0 Å². The van der Waals surface area contributed by atoms with E-state index in [2.05, 4.69) is 10.3 Å². The third-order valence-corrected chi connectivity index (χ3v) is 4.85. The van der Waals surface area contributed by atoms with Crippen LogP contribution in [0.25, 0.3) is 11.3 Å². The summed E-state index contributed by atoms with van der Waals surface area (Å²) < 4.78 is 23.9. The number of carbonyl (C=O) groups is 1. The van der Waals surface area contributed by atoms with Crippen molar-refractivity contribution >= 4 is 5.91 Å². The minimum atomic E-state index is -0.301. The quantitative estimate of drug-likeness (QED) is 0.678. The number of halogens is 1. The highest BCUT2D eigenvalue weighted by atomic mass is 19.1. The minimum absolute atomic E-state index is 0.192. The van der Waals surface area contributed by atoms with E-state index in [0.29, 0.717) is 23.7 Å². The second-order valence-corrected chi connectivity index (χ2v) is 6.82. The average Bonchev–Trinajstić information content (AvgIpc) is 3.25. The lowest BCUT2D eigenvalue weighted by atomic mass is 10.1. The predicted molar refractivity (Wildman–Crippen MR) is 95.4 cm³/mol. The molecule has 1 aliphatic heterocycles. The van der Waals surface area contributed by atoms with E-state index >= 15 is 0 Å². The molecule has 6 nitrogen and oxygen atoms in total.